The maximum atomic E-state index is 11.2. The zero-order chi connectivity index (χ0) is 12.3. The summed E-state index contributed by atoms with van der Waals surface area (Å²) in [6, 6.07) is 8.62. The van der Waals surface area contributed by atoms with E-state index in [9.17, 15) is 4.79 Å². The molecule has 0 aliphatic carbocycles. The molecule has 3 N–H and O–H groups in total. The molecule has 1 heterocycles. The number of benzene rings is 1. The van der Waals surface area contributed by atoms with Crippen molar-refractivity contribution in [3.8, 4) is 0 Å². The fourth-order valence-electron chi connectivity index (χ4n) is 1.50. The van der Waals surface area contributed by atoms with E-state index in [-0.39, 0.29) is 0 Å². The van der Waals surface area contributed by atoms with Crippen molar-refractivity contribution in [2.45, 2.75) is 6.54 Å². The number of halogens is 1. The van der Waals surface area contributed by atoms with Crippen LogP contribution in [0, 0.1) is 0 Å². The number of amides is 1. The topological polar surface area (TPSA) is 68.3 Å². The number of hydrogen-bond acceptors (Lipinski definition) is 3. The second-order valence-electron chi connectivity index (χ2n) is 3.46. The van der Waals surface area contributed by atoms with E-state index in [4.69, 9.17) is 21.8 Å². The zero-order valence-corrected chi connectivity index (χ0v) is 9.70. The van der Waals surface area contributed by atoms with Crippen molar-refractivity contribution in [1.29, 1.82) is 0 Å². The van der Waals surface area contributed by atoms with Gasteiger partial charge < -0.3 is 15.5 Å². The van der Waals surface area contributed by atoms with Crippen LogP contribution in [-0.4, -0.2) is 5.91 Å². The van der Waals surface area contributed by atoms with Gasteiger partial charge in [-0.3, -0.25) is 4.79 Å². The highest BCUT2D eigenvalue weighted by atomic mass is 35.5. The van der Waals surface area contributed by atoms with Crippen LogP contribution in [0.15, 0.2) is 41.0 Å². The predicted octanol–water partition coefficient (Wildman–Crippen LogP) is 2.64. The first-order valence-electron chi connectivity index (χ1n) is 5.03. The molecular formula is C12H11ClN2O2. The Bertz CT molecular complexity index is 523. The first-order valence-corrected chi connectivity index (χ1v) is 5.41. The number of nitrogens with two attached hydrogens (primary N) is 1. The Kier molecular flexibility index (Phi) is 3.35. The van der Waals surface area contributed by atoms with E-state index in [0.29, 0.717) is 22.8 Å². The lowest BCUT2D eigenvalue weighted by molar-refractivity contribution is 0.100. The van der Waals surface area contributed by atoms with Gasteiger partial charge in [-0.2, -0.15) is 0 Å². The molecule has 0 atom stereocenters. The van der Waals surface area contributed by atoms with Crippen LogP contribution >= 0.6 is 11.6 Å². The van der Waals surface area contributed by atoms with Gasteiger partial charge in [-0.1, -0.05) is 17.7 Å². The fourth-order valence-corrected chi connectivity index (χ4v) is 1.74. The molecule has 2 rings (SSSR count). The normalized spacial score (nSPS) is 10.2. The summed E-state index contributed by atoms with van der Waals surface area (Å²) in [5.41, 5.74) is 6.16. The van der Waals surface area contributed by atoms with Crippen molar-refractivity contribution in [2.24, 2.45) is 5.73 Å². The van der Waals surface area contributed by atoms with Crippen LogP contribution in [0.25, 0.3) is 0 Å². The lowest BCUT2D eigenvalue weighted by Crippen LogP contribution is -2.14. The van der Waals surface area contributed by atoms with E-state index in [2.05, 4.69) is 5.32 Å². The number of primary amides is 1. The smallest absolute Gasteiger partial charge is 0.250 e. The molecule has 2 aromatic rings. The molecule has 5 heteroatoms. The van der Waals surface area contributed by atoms with Gasteiger partial charge in [0, 0.05) is 0 Å². The summed E-state index contributed by atoms with van der Waals surface area (Å²) in [5, 5.41) is 3.49. The summed E-state index contributed by atoms with van der Waals surface area (Å²) in [5.74, 6) is 0.231. The summed E-state index contributed by atoms with van der Waals surface area (Å²) >= 11 is 6.01. The molecule has 0 aliphatic heterocycles. The molecule has 0 saturated heterocycles. The number of para-hydroxylation sites is 1. The molecule has 17 heavy (non-hydrogen) atoms. The molecule has 0 bridgehead atoms. The van der Waals surface area contributed by atoms with Gasteiger partial charge in [-0.05, 0) is 24.3 Å². The standard InChI is InChI=1S/C12H11ClN2O2/c13-10-5-1-4-9(12(14)16)11(10)15-7-8-3-2-6-17-8/h1-6,15H,7H2,(H2,14,16). The van der Waals surface area contributed by atoms with Crippen LogP contribution in [-0.2, 0) is 6.54 Å². The maximum Gasteiger partial charge on any atom is 0.250 e. The lowest BCUT2D eigenvalue weighted by Gasteiger charge is -2.10. The van der Waals surface area contributed by atoms with Gasteiger partial charge in [0.2, 0.25) is 0 Å². The first-order chi connectivity index (χ1) is 8.18. The van der Waals surface area contributed by atoms with Crippen molar-refractivity contribution < 1.29 is 9.21 Å². The molecule has 0 radical (unpaired) electrons. The Morgan fingerprint density at radius 3 is 2.82 bits per heavy atom. The number of anilines is 1. The number of rotatable bonds is 4. The minimum absolute atomic E-state index is 0.365. The van der Waals surface area contributed by atoms with Gasteiger partial charge in [0.1, 0.15) is 5.76 Å². The van der Waals surface area contributed by atoms with Crippen molar-refractivity contribution >= 4 is 23.2 Å². The largest absolute Gasteiger partial charge is 0.467 e. The lowest BCUT2D eigenvalue weighted by atomic mass is 10.1. The molecule has 1 aromatic carbocycles. The molecule has 4 nitrogen and oxygen atoms in total. The minimum atomic E-state index is -0.519. The molecule has 0 saturated carbocycles. The highest BCUT2D eigenvalue weighted by Gasteiger charge is 2.11. The number of carbonyl (C=O) groups is 1. The van der Waals surface area contributed by atoms with E-state index in [1.54, 1.807) is 30.5 Å². The van der Waals surface area contributed by atoms with Gasteiger partial charge in [-0.25, -0.2) is 0 Å². The molecule has 1 amide bonds. The predicted molar refractivity (Wildman–Crippen MR) is 66.0 cm³/mol. The van der Waals surface area contributed by atoms with Crippen LogP contribution < -0.4 is 11.1 Å². The second kappa shape index (κ2) is 4.93. The Labute approximate surface area is 103 Å². The first kappa shape index (κ1) is 11.5. The quantitative estimate of drug-likeness (QED) is 0.877. The summed E-state index contributed by atoms with van der Waals surface area (Å²) in [6.45, 7) is 0.441. The van der Waals surface area contributed by atoms with Crippen molar-refractivity contribution in [3.05, 3.63) is 52.9 Å². The minimum Gasteiger partial charge on any atom is -0.467 e. The van der Waals surface area contributed by atoms with E-state index in [1.807, 2.05) is 6.07 Å². The summed E-state index contributed by atoms with van der Waals surface area (Å²) in [7, 11) is 0. The van der Waals surface area contributed by atoms with Crippen molar-refractivity contribution in [3.63, 3.8) is 0 Å². The SMILES string of the molecule is NC(=O)c1cccc(Cl)c1NCc1ccco1. The average Bonchev–Trinajstić information content (AvgIpc) is 2.80. The molecule has 0 spiro atoms. The van der Waals surface area contributed by atoms with Crippen molar-refractivity contribution in [2.75, 3.05) is 5.32 Å². The van der Waals surface area contributed by atoms with Gasteiger partial charge in [0.15, 0.2) is 0 Å². The number of furan rings is 1. The van der Waals surface area contributed by atoms with Crippen LogP contribution in [0.4, 0.5) is 5.69 Å². The number of hydrogen-bond donors (Lipinski definition) is 2. The molecule has 0 aliphatic rings. The van der Waals surface area contributed by atoms with Crippen molar-refractivity contribution in [1.82, 2.24) is 0 Å². The van der Waals surface area contributed by atoms with Gasteiger partial charge in [-0.15, -0.1) is 0 Å². The molecule has 0 fully saturated rings. The highest BCUT2D eigenvalue weighted by molar-refractivity contribution is 6.34. The average molecular weight is 251 g/mol. The Hall–Kier alpha value is -1.94. The third-order valence-electron chi connectivity index (χ3n) is 2.30. The Morgan fingerprint density at radius 1 is 1.35 bits per heavy atom. The summed E-state index contributed by atoms with van der Waals surface area (Å²) in [6.07, 6.45) is 1.58. The van der Waals surface area contributed by atoms with Crippen LogP contribution in [0.2, 0.25) is 5.02 Å². The van der Waals surface area contributed by atoms with Crippen LogP contribution in [0.3, 0.4) is 0 Å². The molecule has 0 unspecified atom stereocenters. The Balaban J connectivity index is 2.22. The third kappa shape index (κ3) is 2.60. The fraction of sp³-hybridized carbons (Fsp3) is 0.0833. The maximum absolute atomic E-state index is 11.2. The number of carbonyl (C=O) groups excluding carboxylic acids is 1. The monoisotopic (exact) mass is 250 g/mol. The van der Waals surface area contributed by atoms with Gasteiger partial charge >= 0.3 is 0 Å². The van der Waals surface area contributed by atoms with E-state index in [0.717, 1.165) is 5.76 Å². The van der Waals surface area contributed by atoms with Crippen LogP contribution in [0.5, 0.6) is 0 Å². The molecule has 1 aromatic heterocycles. The van der Waals surface area contributed by atoms with E-state index < -0.39 is 5.91 Å². The number of nitrogens with one attached hydrogen (secondary N) is 1. The third-order valence-corrected chi connectivity index (χ3v) is 2.61. The second-order valence-corrected chi connectivity index (χ2v) is 3.87. The summed E-state index contributed by atoms with van der Waals surface area (Å²) in [4.78, 5) is 11.2. The van der Waals surface area contributed by atoms with E-state index >= 15 is 0 Å². The summed E-state index contributed by atoms with van der Waals surface area (Å²) < 4.78 is 5.17. The Morgan fingerprint density at radius 2 is 2.18 bits per heavy atom. The molecule has 88 valence electrons. The molecular weight excluding hydrogens is 240 g/mol. The zero-order valence-electron chi connectivity index (χ0n) is 8.94. The highest BCUT2D eigenvalue weighted by Crippen LogP contribution is 2.26. The van der Waals surface area contributed by atoms with E-state index in [1.165, 1.54) is 0 Å². The van der Waals surface area contributed by atoms with Crippen LogP contribution in [0.1, 0.15) is 16.1 Å². The van der Waals surface area contributed by atoms with Gasteiger partial charge in [0.05, 0.1) is 29.1 Å². The van der Waals surface area contributed by atoms with Gasteiger partial charge in [0.25, 0.3) is 5.91 Å².